The Labute approximate surface area is 108 Å². The first-order valence-electron chi connectivity index (χ1n) is 6.05. The first-order valence-corrected chi connectivity index (χ1v) is 6.05. The second-order valence-corrected chi connectivity index (χ2v) is 4.02. The van der Waals surface area contributed by atoms with E-state index < -0.39 is 12.0 Å². The summed E-state index contributed by atoms with van der Waals surface area (Å²) in [6.07, 6.45) is 2.14. The molecule has 2 N–H and O–H groups in total. The molecule has 0 aliphatic heterocycles. The van der Waals surface area contributed by atoms with Gasteiger partial charge < -0.3 is 15.3 Å². The Bertz CT molecular complexity index is 398. The molecule has 96 valence electrons. The topological polar surface area (TPSA) is 56.7 Å². The lowest BCUT2D eigenvalue weighted by Crippen LogP contribution is -2.20. The van der Waals surface area contributed by atoms with Crippen LogP contribution in [0.25, 0.3) is 4.85 Å². The van der Waals surface area contributed by atoms with Crippen molar-refractivity contribution in [2.24, 2.45) is 5.73 Å². The molecule has 4 heteroatoms. The highest BCUT2D eigenvalue weighted by Crippen LogP contribution is 2.08. The number of ether oxygens (including phenoxy) is 1. The minimum Gasteiger partial charge on any atom is -0.455 e. The normalized spacial score (nSPS) is 11.6. The van der Waals surface area contributed by atoms with Gasteiger partial charge in [-0.3, -0.25) is 0 Å². The van der Waals surface area contributed by atoms with Gasteiger partial charge in [0.05, 0.1) is 0 Å². The van der Waals surface area contributed by atoms with E-state index in [0.29, 0.717) is 13.0 Å². The van der Waals surface area contributed by atoms with Crippen molar-refractivity contribution in [3.63, 3.8) is 0 Å². The van der Waals surface area contributed by atoms with E-state index in [1.54, 1.807) is 0 Å². The third-order valence-corrected chi connectivity index (χ3v) is 2.58. The van der Waals surface area contributed by atoms with Crippen LogP contribution in [0.3, 0.4) is 0 Å². The van der Waals surface area contributed by atoms with Crippen molar-refractivity contribution in [3.8, 4) is 0 Å². The summed E-state index contributed by atoms with van der Waals surface area (Å²) in [7, 11) is 0. The molecular weight excluding hydrogens is 228 g/mol. The van der Waals surface area contributed by atoms with E-state index in [2.05, 4.69) is 4.85 Å². The quantitative estimate of drug-likeness (QED) is 0.455. The summed E-state index contributed by atoms with van der Waals surface area (Å²) in [5.41, 5.74) is 6.30. The molecule has 1 unspecified atom stereocenters. The summed E-state index contributed by atoms with van der Waals surface area (Å²) >= 11 is 0. The van der Waals surface area contributed by atoms with Gasteiger partial charge in [0, 0.05) is 6.42 Å². The summed E-state index contributed by atoms with van der Waals surface area (Å²) in [6, 6.07) is 8.75. The molecule has 0 heterocycles. The molecule has 1 aromatic carbocycles. The van der Waals surface area contributed by atoms with E-state index in [-0.39, 0.29) is 6.61 Å². The van der Waals surface area contributed by atoms with Gasteiger partial charge >= 0.3 is 12.0 Å². The van der Waals surface area contributed by atoms with E-state index in [1.807, 2.05) is 30.3 Å². The minimum atomic E-state index is -0.694. The van der Waals surface area contributed by atoms with Crippen LogP contribution < -0.4 is 5.73 Å². The molecule has 0 saturated heterocycles. The van der Waals surface area contributed by atoms with Crippen LogP contribution in [0.15, 0.2) is 30.3 Å². The number of esters is 1. The lowest BCUT2D eigenvalue weighted by atomic mass is 10.1. The molecule has 1 aromatic rings. The van der Waals surface area contributed by atoms with Gasteiger partial charge in [0.2, 0.25) is 0 Å². The summed E-state index contributed by atoms with van der Waals surface area (Å²) in [5.74, 6) is -0.439. The molecule has 4 nitrogen and oxygen atoms in total. The fraction of sp³-hybridized carbons (Fsp3) is 0.429. The molecule has 0 spiro atoms. The average Bonchev–Trinajstić information content (AvgIpc) is 2.42. The van der Waals surface area contributed by atoms with E-state index >= 15 is 0 Å². The third kappa shape index (κ3) is 4.98. The van der Waals surface area contributed by atoms with E-state index in [1.165, 1.54) is 0 Å². The Hall–Kier alpha value is -1.86. The molecule has 0 bridgehead atoms. The van der Waals surface area contributed by atoms with Gasteiger partial charge in [-0.2, -0.15) is 0 Å². The number of unbranched alkanes of at least 4 members (excludes halogenated alkanes) is 1. The van der Waals surface area contributed by atoms with Crippen LogP contribution >= 0.6 is 0 Å². The van der Waals surface area contributed by atoms with E-state index in [0.717, 1.165) is 18.4 Å². The molecule has 0 amide bonds. The van der Waals surface area contributed by atoms with Gasteiger partial charge in [-0.15, -0.1) is 0 Å². The number of hydrogen-bond donors (Lipinski definition) is 1. The first-order chi connectivity index (χ1) is 8.77. The van der Waals surface area contributed by atoms with Crippen LogP contribution in [0, 0.1) is 6.57 Å². The van der Waals surface area contributed by atoms with Crippen molar-refractivity contribution < 1.29 is 9.53 Å². The summed E-state index contributed by atoms with van der Waals surface area (Å²) < 4.78 is 5.13. The average molecular weight is 246 g/mol. The number of nitrogens with zero attached hydrogens (tertiary/aromatic N) is 1. The highest BCUT2D eigenvalue weighted by atomic mass is 16.5. The molecule has 18 heavy (non-hydrogen) atoms. The van der Waals surface area contributed by atoms with Crippen molar-refractivity contribution in [2.45, 2.75) is 31.9 Å². The van der Waals surface area contributed by atoms with Crippen LogP contribution in [-0.2, 0) is 16.1 Å². The number of rotatable bonds is 7. The minimum absolute atomic E-state index is 0.225. The lowest BCUT2D eigenvalue weighted by molar-refractivity contribution is -0.145. The number of benzene rings is 1. The fourth-order valence-corrected chi connectivity index (χ4v) is 1.54. The van der Waals surface area contributed by atoms with Crippen LogP contribution in [0.4, 0.5) is 0 Å². The molecule has 0 radical (unpaired) electrons. The zero-order chi connectivity index (χ0) is 13.2. The Kier molecular flexibility index (Phi) is 6.52. The Morgan fingerprint density at radius 1 is 1.33 bits per heavy atom. The maximum Gasteiger partial charge on any atom is 0.390 e. The van der Waals surface area contributed by atoms with Gasteiger partial charge in [0.15, 0.2) is 0 Å². The van der Waals surface area contributed by atoms with Crippen LogP contribution in [0.5, 0.6) is 0 Å². The summed E-state index contributed by atoms with van der Waals surface area (Å²) in [5, 5.41) is 0. The number of carbonyl (C=O) groups is 1. The monoisotopic (exact) mass is 246 g/mol. The molecular formula is C14H18N2O2. The first kappa shape index (κ1) is 14.2. The van der Waals surface area contributed by atoms with Crippen molar-refractivity contribution in [1.82, 2.24) is 0 Å². The van der Waals surface area contributed by atoms with Crippen molar-refractivity contribution in [2.75, 3.05) is 6.54 Å². The Balaban J connectivity index is 2.36. The maximum atomic E-state index is 11.7. The molecule has 0 fully saturated rings. The third-order valence-electron chi connectivity index (χ3n) is 2.58. The second kappa shape index (κ2) is 8.26. The van der Waals surface area contributed by atoms with Crippen molar-refractivity contribution in [1.29, 1.82) is 0 Å². The highest BCUT2D eigenvalue weighted by Gasteiger charge is 2.24. The van der Waals surface area contributed by atoms with Gasteiger partial charge in [0.1, 0.15) is 6.61 Å². The maximum absolute atomic E-state index is 11.7. The molecule has 0 aromatic heterocycles. The predicted molar refractivity (Wildman–Crippen MR) is 69.5 cm³/mol. The standard InChI is InChI=1S/C14H18N2O2/c1-16-13(9-5-6-10-15)14(17)18-11-12-7-3-2-4-8-12/h2-4,7-8,13H,5-6,9-11,15H2. The van der Waals surface area contributed by atoms with Crippen LogP contribution in [0.2, 0.25) is 0 Å². The second-order valence-electron chi connectivity index (χ2n) is 4.02. The summed E-state index contributed by atoms with van der Waals surface area (Å²) in [6.45, 7) is 7.81. The molecule has 0 aliphatic carbocycles. The van der Waals surface area contributed by atoms with E-state index in [9.17, 15) is 4.79 Å². The smallest absolute Gasteiger partial charge is 0.390 e. The zero-order valence-electron chi connectivity index (χ0n) is 10.3. The zero-order valence-corrected chi connectivity index (χ0v) is 10.3. The number of carbonyl (C=O) groups excluding carboxylic acids is 1. The predicted octanol–water partition coefficient (Wildman–Crippen LogP) is 2.15. The van der Waals surface area contributed by atoms with Gasteiger partial charge in [-0.25, -0.2) is 11.4 Å². The van der Waals surface area contributed by atoms with Gasteiger partial charge in [-0.1, -0.05) is 30.3 Å². The van der Waals surface area contributed by atoms with E-state index in [4.69, 9.17) is 17.0 Å². The molecule has 0 aliphatic rings. The molecule has 0 saturated carbocycles. The number of hydrogen-bond acceptors (Lipinski definition) is 3. The fourth-order valence-electron chi connectivity index (χ4n) is 1.54. The lowest BCUT2D eigenvalue weighted by Gasteiger charge is -2.06. The molecule has 1 atom stereocenters. The van der Waals surface area contributed by atoms with Crippen LogP contribution in [0.1, 0.15) is 24.8 Å². The largest absolute Gasteiger partial charge is 0.455 e. The van der Waals surface area contributed by atoms with Crippen molar-refractivity contribution in [3.05, 3.63) is 47.3 Å². The Morgan fingerprint density at radius 2 is 2.06 bits per heavy atom. The number of nitrogens with two attached hydrogens (primary N) is 1. The summed E-state index contributed by atoms with van der Waals surface area (Å²) in [4.78, 5) is 15.0. The molecule has 1 rings (SSSR count). The SMILES string of the molecule is [C-]#[N+]C(CCCCN)C(=O)OCc1ccccc1. The highest BCUT2D eigenvalue weighted by molar-refractivity contribution is 5.77. The van der Waals surface area contributed by atoms with Crippen LogP contribution in [-0.4, -0.2) is 18.6 Å². The van der Waals surface area contributed by atoms with Crippen molar-refractivity contribution >= 4 is 5.97 Å². The van der Waals surface area contributed by atoms with Gasteiger partial charge in [-0.05, 0) is 24.9 Å². The Morgan fingerprint density at radius 3 is 2.67 bits per heavy atom. The van der Waals surface area contributed by atoms with Gasteiger partial charge in [0.25, 0.3) is 0 Å².